The number of imide groups is 1. The third-order valence-electron chi connectivity index (χ3n) is 2.06. The lowest BCUT2D eigenvalue weighted by Crippen LogP contribution is -2.36. The van der Waals surface area contributed by atoms with Crippen LogP contribution in [0.2, 0.25) is 0 Å². The molecule has 82 valence electrons. The minimum Gasteiger partial charge on any atom is -0.280 e. The molecule has 0 aliphatic carbocycles. The van der Waals surface area contributed by atoms with Gasteiger partial charge in [-0.05, 0) is 12.1 Å². The van der Waals surface area contributed by atoms with Crippen molar-refractivity contribution in [1.82, 2.24) is 10.3 Å². The SMILES string of the molecule is CN(C(=O)NC=O)c1nc2ccccc2s1. The van der Waals surface area contributed by atoms with Crippen molar-refractivity contribution >= 4 is 39.1 Å². The van der Waals surface area contributed by atoms with Crippen LogP contribution in [0.5, 0.6) is 0 Å². The molecule has 0 saturated heterocycles. The number of urea groups is 1. The Labute approximate surface area is 95.7 Å². The molecule has 0 aliphatic heterocycles. The van der Waals surface area contributed by atoms with Crippen molar-refractivity contribution in [3.63, 3.8) is 0 Å². The number of carbonyl (C=O) groups excluding carboxylic acids is 2. The van der Waals surface area contributed by atoms with E-state index in [2.05, 4.69) is 10.3 Å². The maximum atomic E-state index is 11.4. The Hall–Kier alpha value is -1.95. The van der Waals surface area contributed by atoms with Gasteiger partial charge in [0.15, 0.2) is 5.13 Å². The van der Waals surface area contributed by atoms with E-state index in [4.69, 9.17) is 0 Å². The third kappa shape index (κ3) is 1.87. The van der Waals surface area contributed by atoms with Crippen LogP contribution in [0.15, 0.2) is 24.3 Å². The van der Waals surface area contributed by atoms with Gasteiger partial charge in [0, 0.05) is 7.05 Å². The fraction of sp³-hybridized carbons (Fsp3) is 0.100. The smallest absolute Gasteiger partial charge is 0.280 e. The van der Waals surface area contributed by atoms with E-state index in [1.165, 1.54) is 16.2 Å². The first kappa shape index (κ1) is 10.6. The van der Waals surface area contributed by atoms with E-state index in [0.29, 0.717) is 11.5 Å². The highest BCUT2D eigenvalue weighted by Gasteiger charge is 2.14. The number of para-hydroxylation sites is 1. The molecule has 1 N–H and O–H groups in total. The first-order chi connectivity index (χ1) is 7.72. The lowest BCUT2D eigenvalue weighted by molar-refractivity contribution is -0.108. The average molecular weight is 235 g/mol. The van der Waals surface area contributed by atoms with Crippen LogP contribution in [0.4, 0.5) is 9.93 Å². The van der Waals surface area contributed by atoms with Gasteiger partial charge in [0.25, 0.3) is 0 Å². The van der Waals surface area contributed by atoms with Crippen LogP contribution in [-0.2, 0) is 4.79 Å². The van der Waals surface area contributed by atoms with E-state index in [1.807, 2.05) is 24.3 Å². The summed E-state index contributed by atoms with van der Waals surface area (Å²) in [7, 11) is 1.57. The number of aromatic nitrogens is 1. The van der Waals surface area contributed by atoms with E-state index in [-0.39, 0.29) is 0 Å². The van der Waals surface area contributed by atoms with Crippen LogP contribution < -0.4 is 10.2 Å². The number of anilines is 1. The first-order valence-corrected chi connectivity index (χ1v) is 5.37. The number of hydrogen-bond donors (Lipinski definition) is 1. The lowest BCUT2D eigenvalue weighted by Gasteiger charge is -2.11. The van der Waals surface area contributed by atoms with Crippen LogP contribution in [0.3, 0.4) is 0 Å². The number of amides is 3. The first-order valence-electron chi connectivity index (χ1n) is 4.56. The molecule has 5 nitrogen and oxygen atoms in total. The summed E-state index contributed by atoms with van der Waals surface area (Å²) >= 11 is 1.40. The van der Waals surface area contributed by atoms with Crippen molar-refractivity contribution in [3.8, 4) is 0 Å². The molecule has 6 heteroatoms. The quantitative estimate of drug-likeness (QED) is 0.804. The summed E-state index contributed by atoms with van der Waals surface area (Å²) in [6, 6.07) is 7.12. The van der Waals surface area contributed by atoms with E-state index in [0.717, 1.165) is 10.2 Å². The van der Waals surface area contributed by atoms with Gasteiger partial charge in [0.05, 0.1) is 10.2 Å². The summed E-state index contributed by atoms with van der Waals surface area (Å²) in [5.41, 5.74) is 0.841. The Morgan fingerprint density at radius 2 is 2.25 bits per heavy atom. The van der Waals surface area contributed by atoms with Gasteiger partial charge >= 0.3 is 6.03 Å². The molecule has 2 rings (SSSR count). The zero-order valence-corrected chi connectivity index (χ0v) is 9.32. The van der Waals surface area contributed by atoms with Crippen LogP contribution in [-0.4, -0.2) is 24.5 Å². The average Bonchev–Trinajstić information content (AvgIpc) is 2.71. The van der Waals surface area contributed by atoms with Crippen molar-refractivity contribution in [3.05, 3.63) is 24.3 Å². The molecule has 0 radical (unpaired) electrons. The molecule has 1 aromatic carbocycles. The molecule has 2 aromatic rings. The Morgan fingerprint density at radius 1 is 1.50 bits per heavy atom. The number of carbonyl (C=O) groups is 2. The van der Waals surface area contributed by atoms with Gasteiger partial charge in [0.1, 0.15) is 0 Å². The van der Waals surface area contributed by atoms with Crippen molar-refractivity contribution < 1.29 is 9.59 Å². The van der Waals surface area contributed by atoms with Gasteiger partial charge in [-0.25, -0.2) is 9.78 Å². The highest BCUT2D eigenvalue weighted by Crippen LogP contribution is 2.27. The Kier molecular flexibility index (Phi) is 2.82. The normalized spacial score (nSPS) is 10.1. The maximum absolute atomic E-state index is 11.4. The number of hydrogen-bond acceptors (Lipinski definition) is 4. The van der Waals surface area contributed by atoms with E-state index < -0.39 is 6.03 Å². The standard InChI is InChI=1S/C10H9N3O2S/c1-13(9(15)11-6-14)10-12-7-4-2-3-5-8(7)16-10/h2-6H,1H3,(H,11,14,15). The van der Waals surface area contributed by atoms with Crippen molar-refractivity contribution in [1.29, 1.82) is 0 Å². The molecule has 3 amide bonds. The molecule has 0 bridgehead atoms. The van der Waals surface area contributed by atoms with Gasteiger partial charge < -0.3 is 0 Å². The fourth-order valence-electron chi connectivity index (χ4n) is 1.24. The number of thiazole rings is 1. The summed E-state index contributed by atoms with van der Waals surface area (Å²) in [5.74, 6) is 0. The zero-order valence-electron chi connectivity index (χ0n) is 8.51. The fourth-order valence-corrected chi connectivity index (χ4v) is 2.16. The second-order valence-electron chi connectivity index (χ2n) is 3.09. The Morgan fingerprint density at radius 3 is 2.94 bits per heavy atom. The number of rotatable bonds is 2. The van der Waals surface area contributed by atoms with E-state index in [1.54, 1.807) is 7.05 Å². The van der Waals surface area contributed by atoms with E-state index >= 15 is 0 Å². The summed E-state index contributed by atoms with van der Waals surface area (Å²) in [5, 5.41) is 2.62. The summed E-state index contributed by atoms with van der Waals surface area (Å²) < 4.78 is 1.00. The van der Waals surface area contributed by atoms with Crippen molar-refractivity contribution in [2.75, 3.05) is 11.9 Å². The Balaban J connectivity index is 2.32. The molecule has 0 atom stereocenters. The zero-order chi connectivity index (χ0) is 11.5. The Bertz CT molecular complexity index is 505. The van der Waals surface area contributed by atoms with Gasteiger partial charge in [-0.15, -0.1) is 0 Å². The number of nitrogens with one attached hydrogen (secondary N) is 1. The maximum Gasteiger partial charge on any atom is 0.329 e. The van der Waals surface area contributed by atoms with Crippen LogP contribution in [0, 0.1) is 0 Å². The largest absolute Gasteiger partial charge is 0.329 e. The topological polar surface area (TPSA) is 62.3 Å². The number of nitrogens with zero attached hydrogens (tertiary/aromatic N) is 2. The molecule has 16 heavy (non-hydrogen) atoms. The van der Waals surface area contributed by atoms with Gasteiger partial charge in [-0.2, -0.15) is 0 Å². The van der Waals surface area contributed by atoms with Crippen molar-refractivity contribution in [2.24, 2.45) is 0 Å². The molecule has 0 aliphatic rings. The van der Waals surface area contributed by atoms with Gasteiger partial charge in [0.2, 0.25) is 6.41 Å². The molecule has 0 fully saturated rings. The second-order valence-corrected chi connectivity index (χ2v) is 4.10. The summed E-state index contributed by atoms with van der Waals surface area (Å²) in [6.45, 7) is 0. The molecule has 0 spiro atoms. The van der Waals surface area contributed by atoms with Crippen LogP contribution >= 0.6 is 11.3 Å². The van der Waals surface area contributed by atoms with Crippen molar-refractivity contribution in [2.45, 2.75) is 0 Å². The predicted octanol–water partition coefficient (Wildman–Crippen LogP) is 1.60. The molecule has 1 aromatic heterocycles. The molecular weight excluding hydrogens is 226 g/mol. The minimum atomic E-state index is -0.492. The number of fused-ring (bicyclic) bond motifs is 1. The highest BCUT2D eigenvalue weighted by atomic mass is 32.1. The lowest BCUT2D eigenvalue weighted by atomic mass is 10.3. The number of benzene rings is 1. The second kappa shape index (κ2) is 4.28. The molecule has 1 heterocycles. The predicted molar refractivity (Wildman–Crippen MR) is 62.6 cm³/mol. The highest BCUT2D eigenvalue weighted by molar-refractivity contribution is 7.22. The van der Waals surface area contributed by atoms with Gasteiger partial charge in [-0.1, -0.05) is 23.5 Å². The summed E-state index contributed by atoms with van der Waals surface area (Å²) in [4.78, 5) is 27.1. The van der Waals surface area contributed by atoms with E-state index in [9.17, 15) is 9.59 Å². The minimum absolute atomic E-state index is 0.353. The monoisotopic (exact) mass is 235 g/mol. The molecule has 0 unspecified atom stereocenters. The van der Waals surface area contributed by atoms with Crippen LogP contribution in [0.25, 0.3) is 10.2 Å². The van der Waals surface area contributed by atoms with Crippen LogP contribution in [0.1, 0.15) is 0 Å². The van der Waals surface area contributed by atoms with Gasteiger partial charge in [-0.3, -0.25) is 15.0 Å². The molecular formula is C10H9N3O2S. The molecule has 0 saturated carbocycles. The summed E-state index contributed by atoms with van der Waals surface area (Å²) in [6.07, 6.45) is 0.353. The third-order valence-corrected chi connectivity index (χ3v) is 3.17.